The van der Waals surface area contributed by atoms with Gasteiger partial charge in [0.1, 0.15) is 12.2 Å². The Morgan fingerprint density at radius 1 is 0.970 bits per heavy atom. The van der Waals surface area contributed by atoms with E-state index in [2.05, 4.69) is 4.98 Å². The summed E-state index contributed by atoms with van der Waals surface area (Å²) in [6.45, 7) is 6.15. The van der Waals surface area contributed by atoms with Crippen LogP contribution in [0, 0.1) is 13.8 Å². The molecule has 4 aromatic rings. The first kappa shape index (κ1) is 22.1. The number of amides is 1. The predicted octanol–water partition coefficient (Wildman–Crippen LogP) is 4.30. The number of hydrogen-bond acceptors (Lipinski definition) is 4. The van der Waals surface area contributed by atoms with E-state index in [1.165, 1.54) is 6.20 Å². The minimum atomic E-state index is -0.388. The molecule has 0 radical (unpaired) electrons. The number of likely N-dealkylation sites (N-methyl/N-ethyl adjacent to an activating group) is 1. The minimum Gasteiger partial charge on any atom is -0.322 e. The van der Waals surface area contributed by atoms with Crippen molar-refractivity contribution in [2.45, 2.75) is 27.3 Å². The maximum absolute atomic E-state index is 13.3. The molecule has 2 aromatic heterocycles. The van der Waals surface area contributed by atoms with Crippen molar-refractivity contribution in [1.29, 1.82) is 0 Å². The molecule has 1 amide bonds. The van der Waals surface area contributed by atoms with Crippen molar-refractivity contribution in [3.8, 4) is 0 Å². The van der Waals surface area contributed by atoms with E-state index in [0.717, 1.165) is 16.9 Å². The summed E-state index contributed by atoms with van der Waals surface area (Å²) in [5, 5.41) is 0.314. The van der Waals surface area contributed by atoms with Gasteiger partial charge in [-0.1, -0.05) is 42.5 Å². The molecule has 0 saturated heterocycles. The molecule has 0 aliphatic rings. The van der Waals surface area contributed by atoms with Crippen molar-refractivity contribution in [3.05, 3.63) is 106 Å². The Kier molecular flexibility index (Phi) is 6.18. The molecule has 0 aliphatic heterocycles. The van der Waals surface area contributed by atoms with Crippen molar-refractivity contribution < 1.29 is 9.59 Å². The van der Waals surface area contributed by atoms with Crippen molar-refractivity contribution >= 4 is 28.4 Å². The molecule has 0 atom stereocenters. The zero-order valence-electron chi connectivity index (χ0n) is 18.9. The molecule has 0 spiro atoms. The number of fused-ring (bicyclic) bond motifs is 1. The van der Waals surface area contributed by atoms with E-state index in [-0.39, 0.29) is 29.2 Å². The molecule has 0 aliphatic carbocycles. The van der Waals surface area contributed by atoms with E-state index in [9.17, 15) is 14.4 Å². The first-order valence-electron chi connectivity index (χ1n) is 10.9. The largest absolute Gasteiger partial charge is 0.322 e. The number of hydrogen-bond donors (Lipinski definition) is 0. The van der Waals surface area contributed by atoms with Gasteiger partial charge in [0.25, 0.3) is 0 Å². The highest BCUT2D eigenvalue weighted by atomic mass is 16.2. The lowest BCUT2D eigenvalue weighted by molar-refractivity contribution is -0.119. The Hall–Kier alpha value is -4.06. The summed E-state index contributed by atoms with van der Waals surface area (Å²) in [6, 6.07) is 19.8. The standard InChI is InChI=1S/C27H25N3O3/c1-4-30(21-12-8-9-18(2)15-21)24(31)17-29-16-23(25(32)20-10-6-5-7-11-20)26(33)22-14-13-19(3)28-27(22)29/h5-16H,4,17H2,1-3H3. The van der Waals surface area contributed by atoms with Gasteiger partial charge < -0.3 is 9.47 Å². The van der Waals surface area contributed by atoms with Crippen LogP contribution in [0.4, 0.5) is 5.69 Å². The average molecular weight is 440 g/mol. The highest BCUT2D eigenvalue weighted by Gasteiger charge is 2.21. The maximum atomic E-state index is 13.3. The smallest absolute Gasteiger partial charge is 0.246 e. The molecule has 0 N–H and O–H groups in total. The molecule has 166 valence electrons. The summed E-state index contributed by atoms with van der Waals surface area (Å²) in [4.78, 5) is 45.8. The maximum Gasteiger partial charge on any atom is 0.246 e. The third-order valence-electron chi connectivity index (χ3n) is 5.58. The Labute approximate surface area is 192 Å². The van der Waals surface area contributed by atoms with Crippen molar-refractivity contribution in [3.63, 3.8) is 0 Å². The van der Waals surface area contributed by atoms with Gasteiger partial charge in [-0.2, -0.15) is 0 Å². The first-order chi connectivity index (χ1) is 15.9. The number of nitrogens with zero attached hydrogens (tertiary/aromatic N) is 3. The topological polar surface area (TPSA) is 72.3 Å². The van der Waals surface area contributed by atoms with Gasteiger partial charge in [-0.3, -0.25) is 14.4 Å². The molecule has 33 heavy (non-hydrogen) atoms. The van der Waals surface area contributed by atoms with Gasteiger partial charge in [0.2, 0.25) is 11.3 Å². The summed E-state index contributed by atoms with van der Waals surface area (Å²) in [5.41, 5.74) is 3.02. The van der Waals surface area contributed by atoms with Gasteiger partial charge in [-0.25, -0.2) is 4.98 Å². The van der Waals surface area contributed by atoms with Gasteiger partial charge in [-0.15, -0.1) is 0 Å². The van der Waals surface area contributed by atoms with Gasteiger partial charge >= 0.3 is 0 Å². The molecule has 2 aromatic carbocycles. The summed E-state index contributed by atoms with van der Waals surface area (Å²) < 4.78 is 1.61. The van der Waals surface area contributed by atoms with Gasteiger partial charge in [0.15, 0.2) is 5.78 Å². The zero-order valence-corrected chi connectivity index (χ0v) is 18.9. The van der Waals surface area contributed by atoms with Gasteiger partial charge in [0, 0.05) is 29.7 Å². The highest BCUT2D eigenvalue weighted by molar-refractivity contribution is 6.10. The van der Waals surface area contributed by atoms with E-state index in [1.54, 1.807) is 45.9 Å². The summed E-state index contributed by atoms with van der Waals surface area (Å²) in [5.74, 6) is -0.537. The van der Waals surface area contributed by atoms with Gasteiger partial charge in [0.05, 0.1) is 10.9 Å². The number of aromatic nitrogens is 2. The number of anilines is 1. The number of carbonyl (C=O) groups excluding carboxylic acids is 2. The zero-order chi connectivity index (χ0) is 23.5. The third kappa shape index (κ3) is 4.46. The second-order valence-corrected chi connectivity index (χ2v) is 8.00. The lowest BCUT2D eigenvalue weighted by atomic mass is 10.0. The van der Waals surface area contributed by atoms with Crippen LogP contribution in [-0.2, 0) is 11.3 Å². The average Bonchev–Trinajstić information content (AvgIpc) is 2.81. The molecular weight excluding hydrogens is 414 g/mol. The van der Waals surface area contributed by atoms with Crippen molar-refractivity contribution in [1.82, 2.24) is 9.55 Å². The molecule has 4 rings (SSSR count). The van der Waals surface area contributed by atoms with Crippen LogP contribution in [0.1, 0.15) is 34.1 Å². The van der Waals surface area contributed by atoms with E-state index >= 15 is 0 Å². The van der Waals surface area contributed by atoms with Crippen LogP contribution in [0.2, 0.25) is 0 Å². The Bertz CT molecular complexity index is 1410. The molecular formula is C27H25N3O3. The van der Waals surface area contributed by atoms with E-state index in [4.69, 9.17) is 0 Å². The van der Waals surface area contributed by atoms with Crippen LogP contribution in [0.25, 0.3) is 11.0 Å². The third-order valence-corrected chi connectivity index (χ3v) is 5.58. The Balaban J connectivity index is 1.81. The van der Waals surface area contributed by atoms with E-state index < -0.39 is 0 Å². The van der Waals surface area contributed by atoms with Crippen LogP contribution < -0.4 is 10.3 Å². The molecule has 0 bridgehead atoms. The second-order valence-electron chi connectivity index (χ2n) is 8.00. The quantitative estimate of drug-likeness (QED) is 0.420. The van der Waals surface area contributed by atoms with Gasteiger partial charge in [-0.05, 0) is 50.6 Å². The summed E-state index contributed by atoms with van der Waals surface area (Å²) in [6.07, 6.45) is 1.47. The lowest BCUT2D eigenvalue weighted by Crippen LogP contribution is -2.34. The fourth-order valence-corrected chi connectivity index (χ4v) is 3.92. The first-order valence-corrected chi connectivity index (χ1v) is 10.9. The number of benzene rings is 2. The van der Waals surface area contributed by atoms with Crippen molar-refractivity contribution in [2.75, 3.05) is 11.4 Å². The molecule has 6 heteroatoms. The SMILES string of the molecule is CCN(C(=O)Cn1cc(C(=O)c2ccccc2)c(=O)c2ccc(C)nc21)c1cccc(C)c1. The molecule has 0 saturated carbocycles. The number of rotatable bonds is 6. The van der Waals surface area contributed by atoms with Crippen LogP contribution in [-0.4, -0.2) is 27.8 Å². The number of pyridine rings is 2. The molecule has 0 fully saturated rings. The second kappa shape index (κ2) is 9.20. The lowest BCUT2D eigenvalue weighted by Gasteiger charge is -2.23. The Morgan fingerprint density at radius 3 is 2.42 bits per heavy atom. The minimum absolute atomic E-state index is 0.0192. The summed E-state index contributed by atoms with van der Waals surface area (Å²) in [7, 11) is 0. The van der Waals surface area contributed by atoms with Crippen LogP contribution in [0.5, 0.6) is 0 Å². The van der Waals surface area contributed by atoms with E-state index in [0.29, 0.717) is 23.1 Å². The fraction of sp³-hybridized carbons (Fsp3) is 0.185. The van der Waals surface area contributed by atoms with E-state index in [1.807, 2.05) is 51.1 Å². The number of carbonyl (C=O) groups is 2. The molecule has 6 nitrogen and oxygen atoms in total. The normalized spacial score (nSPS) is 10.9. The van der Waals surface area contributed by atoms with Crippen LogP contribution in [0.15, 0.2) is 77.7 Å². The van der Waals surface area contributed by atoms with Crippen LogP contribution >= 0.6 is 0 Å². The Morgan fingerprint density at radius 2 is 1.73 bits per heavy atom. The van der Waals surface area contributed by atoms with Crippen LogP contribution in [0.3, 0.4) is 0 Å². The predicted molar refractivity (Wildman–Crippen MR) is 130 cm³/mol. The summed E-state index contributed by atoms with van der Waals surface area (Å²) >= 11 is 0. The fourth-order valence-electron chi connectivity index (χ4n) is 3.92. The highest BCUT2D eigenvalue weighted by Crippen LogP contribution is 2.18. The number of ketones is 1. The monoisotopic (exact) mass is 439 g/mol. The molecule has 2 heterocycles. The number of aryl methyl sites for hydroxylation is 2. The van der Waals surface area contributed by atoms with Crippen molar-refractivity contribution in [2.24, 2.45) is 0 Å². The molecule has 0 unspecified atom stereocenters.